The fourth-order valence-corrected chi connectivity index (χ4v) is 2.37. The van der Waals surface area contributed by atoms with Crippen molar-refractivity contribution in [3.8, 4) is 17.6 Å². The Hall–Kier alpha value is -3.19. The van der Waals surface area contributed by atoms with Gasteiger partial charge in [0.2, 0.25) is 17.3 Å². The number of aromatic nitrogens is 2. The second-order valence-corrected chi connectivity index (χ2v) is 5.07. The second kappa shape index (κ2) is 7.71. The summed E-state index contributed by atoms with van der Waals surface area (Å²) in [5.74, 6) is 0.344. The van der Waals surface area contributed by atoms with Crippen LogP contribution in [0.25, 0.3) is 11.4 Å². The Kier molecular flexibility index (Phi) is 5.43. The molecule has 0 aliphatic rings. The molecule has 9 nitrogen and oxygen atoms in total. The monoisotopic (exact) mass is 329 g/mol. The number of guanidine groups is 2. The fraction of sp³-hybridized carbons (Fsp3) is 0.154. The lowest BCUT2D eigenvalue weighted by Crippen LogP contribution is -2.34. The Balaban J connectivity index is 2.14. The average molecular weight is 329 g/mol. The van der Waals surface area contributed by atoms with Gasteiger partial charge in [0.15, 0.2) is 5.96 Å². The zero-order chi connectivity index (χ0) is 16.7. The van der Waals surface area contributed by atoms with E-state index in [0.29, 0.717) is 29.0 Å². The van der Waals surface area contributed by atoms with E-state index in [1.165, 1.54) is 11.3 Å². The maximum absolute atomic E-state index is 8.55. The second-order valence-electron chi connectivity index (χ2n) is 4.23. The van der Waals surface area contributed by atoms with Gasteiger partial charge in [0.25, 0.3) is 0 Å². The summed E-state index contributed by atoms with van der Waals surface area (Å²) in [4.78, 5) is 16.3. The van der Waals surface area contributed by atoms with Crippen molar-refractivity contribution in [2.45, 2.75) is 6.54 Å². The van der Waals surface area contributed by atoms with Gasteiger partial charge in [-0.2, -0.15) is 10.3 Å². The van der Waals surface area contributed by atoms with Crippen molar-refractivity contribution in [1.82, 2.24) is 20.6 Å². The number of pyridine rings is 1. The number of nitrogens with one attached hydrogen (secondary N) is 2. The first-order valence-electron chi connectivity index (χ1n) is 6.52. The van der Waals surface area contributed by atoms with Gasteiger partial charge in [0.1, 0.15) is 5.69 Å². The van der Waals surface area contributed by atoms with Crippen molar-refractivity contribution in [3.05, 3.63) is 29.3 Å². The van der Waals surface area contributed by atoms with Gasteiger partial charge in [-0.25, -0.2) is 9.97 Å². The normalized spacial score (nSPS) is 10.7. The smallest absolute Gasteiger partial charge is 0.212 e. The van der Waals surface area contributed by atoms with Crippen LogP contribution in [0, 0.1) is 11.5 Å². The summed E-state index contributed by atoms with van der Waals surface area (Å²) >= 11 is 1.33. The van der Waals surface area contributed by atoms with Gasteiger partial charge in [-0.1, -0.05) is 6.07 Å². The van der Waals surface area contributed by atoms with Crippen LogP contribution in [0.5, 0.6) is 0 Å². The molecule has 2 aromatic rings. The molecule has 0 aliphatic carbocycles. The highest BCUT2D eigenvalue weighted by atomic mass is 32.1. The SMILES string of the molecule is CN/C(=N/C#N)NCc1cccc(-c2csc(N=C(N)N)n2)n1. The molecule has 0 aromatic carbocycles. The topological polar surface area (TPSA) is 150 Å². The Morgan fingerprint density at radius 1 is 1.35 bits per heavy atom. The van der Waals surface area contributed by atoms with Crippen LogP contribution < -0.4 is 22.1 Å². The van der Waals surface area contributed by atoms with Gasteiger partial charge in [0, 0.05) is 12.4 Å². The quantitative estimate of drug-likeness (QED) is 0.357. The van der Waals surface area contributed by atoms with E-state index in [1.54, 1.807) is 13.2 Å². The van der Waals surface area contributed by atoms with Crippen molar-refractivity contribution in [1.29, 1.82) is 5.26 Å². The summed E-state index contributed by atoms with van der Waals surface area (Å²) in [7, 11) is 1.67. The summed E-state index contributed by atoms with van der Waals surface area (Å²) in [5.41, 5.74) is 12.8. The minimum absolute atomic E-state index is 0.0341. The molecule has 0 aliphatic heterocycles. The molecule has 23 heavy (non-hydrogen) atoms. The molecule has 2 heterocycles. The van der Waals surface area contributed by atoms with E-state index in [4.69, 9.17) is 16.7 Å². The minimum Gasteiger partial charge on any atom is -0.370 e. The third kappa shape index (κ3) is 4.65. The van der Waals surface area contributed by atoms with E-state index in [1.807, 2.05) is 23.6 Å². The standard InChI is InChI=1S/C13H15N9S/c1-17-12(19-7-14)18-5-8-3-2-4-9(20-8)10-6-23-13(21-10)22-11(15)16/h2-4,6H,5H2,1H3,(H2,17,18,19)(H4,15,16,21,22). The van der Waals surface area contributed by atoms with Crippen molar-refractivity contribution < 1.29 is 0 Å². The predicted molar refractivity (Wildman–Crippen MR) is 89.8 cm³/mol. The molecule has 10 heteroatoms. The van der Waals surface area contributed by atoms with Crippen LogP contribution in [0.3, 0.4) is 0 Å². The third-order valence-corrected chi connectivity index (χ3v) is 3.36. The molecule has 0 radical (unpaired) electrons. The summed E-state index contributed by atoms with van der Waals surface area (Å²) < 4.78 is 0. The first-order valence-corrected chi connectivity index (χ1v) is 7.40. The van der Waals surface area contributed by atoms with Crippen LogP contribution in [0.15, 0.2) is 33.6 Å². The Labute approximate surface area is 136 Å². The number of aliphatic imine (C=N–C) groups is 2. The van der Waals surface area contributed by atoms with E-state index >= 15 is 0 Å². The first kappa shape index (κ1) is 16.2. The van der Waals surface area contributed by atoms with Crippen LogP contribution >= 0.6 is 11.3 Å². The number of hydrogen-bond donors (Lipinski definition) is 4. The molecular weight excluding hydrogens is 314 g/mol. The molecule has 0 bridgehead atoms. The molecule has 6 N–H and O–H groups in total. The molecule has 0 fully saturated rings. The number of nitrogens with two attached hydrogens (primary N) is 2. The van der Waals surface area contributed by atoms with E-state index < -0.39 is 0 Å². The molecular formula is C13H15N9S. The Morgan fingerprint density at radius 2 is 2.17 bits per heavy atom. The van der Waals surface area contributed by atoms with Crippen molar-refractivity contribution >= 4 is 28.4 Å². The highest BCUT2D eigenvalue weighted by Gasteiger charge is 2.07. The summed E-state index contributed by atoms with van der Waals surface area (Å²) in [5, 5.41) is 16.6. The maximum Gasteiger partial charge on any atom is 0.212 e. The van der Waals surface area contributed by atoms with Gasteiger partial charge < -0.3 is 22.1 Å². The third-order valence-electron chi connectivity index (χ3n) is 2.62. The molecule has 0 saturated carbocycles. The molecule has 0 unspecified atom stereocenters. The first-order chi connectivity index (χ1) is 11.1. The lowest BCUT2D eigenvalue weighted by Gasteiger charge is -2.07. The number of thiazole rings is 1. The molecule has 0 spiro atoms. The lowest BCUT2D eigenvalue weighted by molar-refractivity contribution is 0.841. The van der Waals surface area contributed by atoms with E-state index in [0.717, 1.165) is 5.69 Å². The Bertz CT molecular complexity index is 768. The van der Waals surface area contributed by atoms with E-state index in [2.05, 4.69) is 30.6 Å². The van der Waals surface area contributed by atoms with E-state index in [9.17, 15) is 0 Å². The van der Waals surface area contributed by atoms with E-state index in [-0.39, 0.29) is 5.96 Å². The minimum atomic E-state index is -0.0341. The van der Waals surface area contributed by atoms with Crippen LogP contribution in [-0.4, -0.2) is 28.9 Å². The molecule has 0 saturated heterocycles. The van der Waals surface area contributed by atoms with Gasteiger partial charge in [-0.15, -0.1) is 16.3 Å². The zero-order valence-electron chi connectivity index (χ0n) is 12.3. The lowest BCUT2D eigenvalue weighted by atomic mass is 10.2. The van der Waals surface area contributed by atoms with Crippen molar-refractivity contribution in [2.24, 2.45) is 21.5 Å². The summed E-state index contributed by atoms with van der Waals surface area (Å²) in [6.45, 7) is 0.417. The molecule has 0 atom stereocenters. The van der Waals surface area contributed by atoms with Crippen molar-refractivity contribution in [2.75, 3.05) is 7.05 Å². The molecule has 2 aromatic heterocycles. The number of nitrogens with zero attached hydrogens (tertiary/aromatic N) is 5. The number of rotatable bonds is 4. The fourth-order valence-electron chi connectivity index (χ4n) is 1.67. The number of nitriles is 1. The highest BCUT2D eigenvalue weighted by Crippen LogP contribution is 2.25. The summed E-state index contributed by atoms with van der Waals surface area (Å²) in [6.07, 6.45) is 1.71. The highest BCUT2D eigenvalue weighted by molar-refractivity contribution is 7.13. The molecule has 0 amide bonds. The van der Waals surface area contributed by atoms with Crippen molar-refractivity contribution in [3.63, 3.8) is 0 Å². The van der Waals surface area contributed by atoms with Gasteiger partial charge >= 0.3 is 0 Å². The molecule has 2 rings (SSSR count). The molecule has 118 valence electrons. The Morgan fingerprint density at radius 3 is 2.87 bits per heavy atom. The van der Waals surface area contributed by atoms with Crippen LogP contribution in [-0.2, 0) is 6.54 Å². The van der Waals surface area contributed by atoms with Crippen LogP contribution in [0.2, 0.25) is 0 Å². The number of hydrogen-bond acceptors (Lipinski definition) is 6. The zero-order valence-corrected chi connectivity index (χ0v) is 13.1. The predicted octanol–water partition coefficient (Wildman–Crippen LogP) is 0.256. The maximum atomic E-state index is 8.55. The summed E-state index contributed by atoms with van der Waals surface area (Å²) in [6, 6.07) is 5.58. The largest absolute Gasteiger partial charge is 0.370 e. The van der Waals surface area contributed by atoms with Gasteiger partial charge in [0.05, 0.1) is 17.9 Å². The average Bonchev–Trinajstić information content (AvgIpc) is 2.99. The van der Waals surface area contributed by atoms with Gasteiger partial charge in [-0.3, -0.25) is 0 Å². The van der Waals surface area contributed by atoms with Crippen LogP contribution in [0.4, 0.5) is 5.13 Å². The van der Waals surface area contributed by atoms with Gasteiger partial charge in [-0.05, 0) is 12.1 Å². The van der Waals surface area contributed by atoms with Crippen LogP contribution in [0.1, 0.15) is 5.69 Å².